The highest BCUT2D eigenvalue weighted by atomic mass is 32.2. The summed E-state index contributed by atoms with van der Waals surface area (Å²) in [6.45, 7) is 2.29. The molecule has 0 saturated heterocycles. The number of nitrogens with one attached hydrogen (secondary N) is 1. The minimum Gasteiger partial charge on any atom is -0.399 e. The number of sulfonamides is 1. The van der Waals surface area contributed by atoms with E-state index in [2.05, 4.69) is 4.72 Å². The van der Waals surface area contributed by atoms with Gasteiger partial charge in [0, 0.05) is 17.6 Å². The average molecular weight is 290 g/mol. The van der Waals surface area contributed by atoms with Crippen LogP contribution in [0.3, 0.4) is 0 Å². The molecule has 0 fully saturated rings. The number of rotatable bonds is 5. The molecule has 106 valence electrons. The van der Waals surface area contributed by atoms with E-state index in [-0.39, 0.29) is 4.90 Å². The minimum atomic E-state index is -3.50. The predicted octanol–water partition coefficient (Wildman–Crippen LogP) is 2.67. The Kier molecular flexibility index (Phi) is 4.42. The van der Waals surface area contributed by atoms with Gasteiger partial charge in [-0.2, -0.15) is 0 Å². The van der Waals surface area contributed by atoms with Crippen molar-refractivity contribution in [1.29, 1.82) is 0 Å². The van der Waals surface area contributed by atoms with Gasteiger partial charge in [0.1, 0.15) is 0 Å². The smallest absolute Gasteiger partial charge is 0.241 e. The summed E-state index contributed by atoms with van der Waals surface area (Å²) in [7, 11) is -3.50. The molecule has 0 unspecified atom stereocenters. The zero-order valence-electron chi connectivity index (χ0n) is 11.3. The minimum absolute atomic E-state index is 0.287. The second kappa shape index (κ2) is 6.07. The van der Waals surface area contributed by atoms with Crippen LogP contribution in [0, 0.1) is 0 Å². The van der Waals surface area contributed by atoms with E-state index in [0.29, 0.717) is 24.0 Å². The van der Waals surface area contributed by atoms with E-state index in [4.69, 9.17) is 5.73 Å². The van der Waals surface area contributed by atoms with Crippen LogP contribution in [-0.4, -0.2) is 15.0 Å². The van der Waals surface area contributed by atoms with Gasteiger partial charge in [0.2, 0.25) is 10.0 Å². The predicted molar refractivity (Wildman–Crippen MR) is 83.0 cm³/mol. The first-order valence-corrected chi connectivity index (χ1v) is 7.92. The summed E-state index contributed by atoms with van der Waals surface area (Å²) in [6, 6.07) is 10.4. The van der Waals surface area contributed by atoms with Crippen LogP contribution in [0.15, 0.2) is 53.4 Å². The van der Waals surface area contributed by atoms with Crippen molar-refractivity contribution in [2.75, 3.05) is 12.3 Å². The molecule has 20 heavy (non-hydrogen) atoms. The number of fused-ring (bicyclic) bond motifs is 1. The van der Waals surface area contributed by atoms with E-state index in [1.165, 1.54) is 0 Å². The molecule has 0 radical (unpaired) electrons. The lowest BCUT2D eigenvalue weighted by atomic mass is 10.1. The van der Waals surface area contributed by atoms with Crippen LogP contribution in [0.4, 0.5) is 5.69 Å². The molecule has 0 amide bonds. The molecule has 2 rings (SSSR count). The Morgan fingerprint density at radius 3 is 2.80 bits per heavy atom. The van der Waals surface area contributed by atoms with Crippen molar-refractivity contribution in [3.05, 3.63) is 48.6 Å². The van der Waals surface area contributed by atoms with Crippen LogP contribution in [-0.2, 0) is 10.0 Å². The number of nitrogens with two attached hydrogens (primary N) is 1. The fourth-order valence-corrected chi connectivity index (χ4v) is 3.30. The zero-order valence-corrected chi connectivity index (χ0v) is 12.2. The number of nitrogen functional groups attached to an aromatic ring is 1. The molecule has 5 heteroatoms. The van der Waals surface area contributed by atoms with Crippen LogP contribution in [0.2, 0.25) is 0 Å². The Morgan fingerprint density at radius 1 is 1.25 bits per heavy atom. The monoisotopic (exact) mass is 290 g/mol. The van der Waals surface area contributed by atoms with E-state index in [9.17, 15) is 8.42 Å². The maximum atomic E-state index is 12.3. The molecule has 0 aliphatic carbocycles. The third-order valence-electron chi connectivity index (χ3n) is 2.99. The van der Waals surface area contributed by atoms with E-state index in [1.54, 1.807) is 30.3 Å². The maximum absolute atomic E-state index is 12.3. The molecule has 0 bridgehead atoms. The van der Waals surface area contributed by atoms with Gasteiger partial charge in [0.25, 0.3) is 0 Å². The third-order valence-corrected chi connectivity index (χ3v) is 4.51. The van der Waals surface area contributed by atoms with Gasteiger partial charge in [-0.3, -0.25) is 0 Å². The SMILES string of the molecule is C/C=C/CCNS(=O)(=O)c1cccc2cc(N)ccc12. The molecule has 4 nitrogen and oxygen atoms in total. The Hall–Kier alpha value is -1.85. The Labute approximate surface area is 119 Å². The van der Waals surface area contributed by atoms with Gasteiger partial charge in [-0.1, -0.05) is 30.4 Å². The van der Waals surface area contributed by atoms with Gasteiger partial charge in [-0.25, -0.2) is 13.1 Å². The fourth-order valence-electron chi connectivity index (χ4n) is 2.03. The Morgan fingerprint density at radius 2 is 2.05 bits per heavy atom. The van der Waals surface area contributed by atoms with Crippen molar-refractivity contribution < 1.29 is 8.42 Å². The number of hydrogen-bond donors (Lipinski definition) is 2. The van der Waals surface area contributed by atoms with E-state index in [1.807, 2.05) is 25.1 Å². The molecule has 0 saturated carbocycles. The first-order valence-electron chi connectivity index (χ1n) is 6.43. The number of hydrogen-bond acceptors (Lipinski definition) is 3. The summed E-state index contributed by atoms with van der Waals surface area (Å²) in [5.74, 6) is 0. The molecule has 0 spiro atoms. The Balaban J connectivity index is 2.36. The summed E-state index contributed by atoms with van der Waals surface area (Å²) >= 11 is 0. The van der Waals surface area contributed by atoms with Gasteiger partial charge in [0.05, 0.1) is 4.90 Å². The molecule has 0 aromatic heterocycles. The maximum Gasteiger partial charge on any atom is 0.241 e. The molecule has 0 aliphatic rings. The highest BCUT2D eigenvalue weighted by Crippen LogP contribution is 2.24. The topological polar surface area (TPSA) is 72.2 Å². The standard InChI is InChI=1S/C15H18N2O2S/c1-2-3-4-10-17-20(18,19)15-7-5-6-12-11-13(16)8-9-14(12)15/h2-3,5-9,11,17H,4,10,16H2,1H3/b3-2+. The second-order valence-corrected chi connectivity index (χ2v) is 6.23. The summed E-state index contributed by atoms with van der Waals surface area (Å²) in [5.41, 5.74) is 6.34. The normalized spacial score (nSPS) is 12.2. The van der Waals surface area contributed by atoms with Gasteiger partial charge in [-0.05, 0) is 36.9 Å². The lowest BCUT2D eigenvalue weighted by molar-refractivity contribution is 0.583. The molecule has 0 atom stereocenters. The number of allylic oxidation sites excluding steroid dienone is 1. The van der Waals surface area contributed by atoms with E-state index < -0.39 is 10.0 Å². The highest BCUT2D eigenvalue weighted by Gasteiger charge is 2.16. The third kappa shape index (κ3) is 3.18. The summed E-state index contributed by atoms with van der Waals surface area (Å²) in [4.78, 5) is 0.287. The zero-order chi connectivity index (χ0) is 14.6. The molecule has 3 N–H and O–H groups in total. The molecular formula is C15H18N2O2S. The average Bonchev–Trinajstić information content (AvgIpc) is 2.42. The van der Waals surface area contributed by atoms with Gasteiger partial charge < -0.3 is 5.73 Å². The summed E-state index contributed by atoms with van der Waals surface area (Å²) in [5, 5.41) is 1.50. The number of benzene rings is 2. The van der Waals surface area contributed by atoms with Crippen LogP contribution in [0.5, 0.6) is 0 Å². The summed E-state index contributed by atoms with van der Waals surface area (Å²) in [6.07, 6.45) is 4.49. The lowest BCUT2D eigenvalue weighted by Gasteiger charge is -2.09. The summed E-state index contributed by atoms with van der Waals surface area (Å²) < 4.78 is 27.3. The van der Waals surface area contributed by atoms with Crippen molar-refractivity contribution in [1.82, 2.24) is 4.72 Å². The second-order valence-electron chi connectivity index (χ2n) is 4.49. The van der Waals surface area contributed by atoms with Crippen LogP contribution < -0.4 is 10.5 Å². The first-order chi connectivity index (χ1) is 9.54. The number of anilines is 1. The van der Waals surface area contributed by atoms with Crippen LogP contribution in [0.1, 0.15) is 13.3 Å². The van der Waals surface area contributed by atoms with E-state index in [0.717, 1.165) is 5.39 Å². The van der Waals surface area contributed by atoms with Crippen molar-refractivity contribution in [3.8, 4) is 0 Å². The van der Waals surface area contributed by atoms with Gasteiger partial charge >= 0.3 is 0 Å². The fraction of sp³-hybridized carbons (Fsp3) is 0.200. The largest absolute Gasteiger partial charge is 0.399 e. The van der Waals surface area contributed by atoms with E-state index >= 15 is 0 Å². The quantitative estimate of drug-likeness (QED) is 0.505. The lowest BCUT2D eigenvalue weighted by Crippen LogP contribution is -2.24. The molecule has 2 aromatic rings. The van der Waals surface area contributed by atoms with Crippen molar-refractivity contribution in [3.63, 3.8) is 0 Å². The van der Waals surface area contributed by atoms with Gasteiger partial charge in [-0.15, -0.1) is 0 Å². The van der Waals surface area contributed by atoms with Crippen molar-refractivity contribution in [2.45, 2.75) is 18.2 Å². The highest BCUT2D eigenvalue weighted by molar-refractivity contribution is 7.89. The van der Waals surface area contributed by atoms with Crippen molar-refractivity contribution in [2.24, 2.45) is 0 Å². The molecule has 2 aromatic carbocycles. The molecule has 0 aliphatic heterocycles. The van der Waals surface area contributed by atoms with Crippen molar-refractivity contribution >= 4 is 26.5 Å². The van der Waals surface area contributed by atoms with Gasteiger partial charge in [0.15, 0.2) is 0 Å². The first kappa shape index (κ1) is 14.6. The molecular weight excluding hydrogens is 272 g/mol. The van der Waals surface area contributed by atoms with Crippen LogP contribution in [0.25, 0.3) is 10.8 Å². The molecule has 0 heterocycles. The van der Waals surface area contributed by atoms with Crippen LogP contribution >= 0.6 is 0 Å². The Bertz CT molecular complexity index is 737.